The van der Waals surface area contributed by atoms with Crippen molar-refractivity contribution in [1.29, 1.82) is 0 Å². The molecule has 10 heteroatoms. The number of rotatable bonds is 7. The summed E-state index contributed by atoms with van der Waals surface area (Å²) in [6.07, 6.45) is 1.85. The van der Waals surface area contributed by atoms with E-state index in [4.69, 9.17) is 10.7 Å². The predicted molar refractivity (Wildman–Crippen MR) is 132 cm³/mol. The van der Waals surface area contributed by atoms with Gasteiger partial charge in [0.05, 0.1) is 22.5 Å². The van der Waals surface area contributed by atoms with Gasteiger partial charge in [0.15, 0.2) is 0 Å². The molecular weight excluding hydrogens is 474 g/mol. The Labute approximate surface area is 201 Å². The second-order valence-corrected chi connectivity index (χ2v) is 9.62. The number of fused-ring (bicyclic) bond motifs is 1. The van der Waals surface area contributed by atoms with Crippen LogP contribution in [0, 0.1) is 13.8 Å². The number of benzene rings is 1. The molecule has 32 heavy (non-hydrogen) atoms. The molecule has 2 N–H and O–H groups in total. The van der Waals surface area contributed by atoms with Crippen molar-refractivity contribution >= 4 is 45.9 Å². The minimum atomic E-state index is -3.52. The van der Waals surface area contributed by atoms with Crippen molar-refractivity contribution in [3.63, 3.8) is 0 Å². The maximum atomic E-state index is 14.2. The van der Waals surface area contributed by atoms with Crippen LogP contribution in [0.2, 0.25) is 0 Å². The SMILES string of the molecule is Cc1ccc2c(n1)c(Cc1cccc(S(=O)(=O)N(C)C)c1)c(C)n2C/C(F)=C/CN.Cl.Cl. The summed E-state index contributed by atoms with van der Waals surface area (Å²) in [5, 5.41) is 0. The van der Waals surface area contributed by atoms with E-state index in [0.717, 1.165) is 33.5 Å². The van der Waals surface area contributed by atoms with Gasteiger partial charge in [0, 0.05) is 44.0 Å². The zero-order valence-corrected chi connectivity index (χ0v) is 21.0. The number of nitrogens with two attached hydrogens (primary N) is 1. The van der Waals surface area contributed by atoms with Gasteiger partial charge in [-0.05, 0) is 49.8 Å². The first-order valence-corrected chi connectivity index (χ1v) is 11.1. The first-order valence-electron chi connectivity index (χ1n) is 9.66. The van der Waals surface area contributed by atoms with E-state index in [1.165, 1.54) is 24.5 Å². The van der Waals surface area contributed by atoms with E-state index in [-0.39, 0.29) is 48.6 Å². The third-order valence-corrected chi connectivity index (χ3v) is 6.95. The Kier molecular flexibility index (Phi) is 9.86. The van der Waals surface area contributed by atoms with Gasteiger partial charge >= 0.3 is 0 Å². The average Bonchev–Trinajstić information content (AvgIpc) is 2.93. The first-order chi connectivity index (χ1) is 14.1. The standard InChI is InChI=1S/C22H27FN4O2S.2ClH/c1-15-8-9-21-22(25-15)20(16(2)27(21)14-18(23)10-11-24)13-17-6-5-7-19(12-17)30(28,29)26(3)4;;/h5-10,12H,11,13-14,24H2,1-4H3;2*1H/b18-10-;;. The zero-order chi connectivity index (χ0) is 22.1. The third-order valence-electron chi connectivity index (χ3n) is 5.14. The molecule has 0 amide bonds. The maximum Gasteiger partial charge on any atom is 0.242 e. The number of halogens is 3. The van der Waals surface area contributed by atoms with E-state index >= 15 is 0 Å². The maximum absolute atomic E-state index is 14.2. The fraction of sp³-hybridized carbons (Fsp3) is 0.318. The van der Waals surface area contributed by atoms with E-state index in [1.54, 1.807) is 18.2 Å². The Bertz CT molecular complexity index is 1220. The van der Waals surface area contributed by atoms with Crippen molar-refractivity contribution in [3.8, 4) is 0 Å². The van der Waals surface area contributed by atoms with Crippen molar-refractivity contribution in [2.45, 2.75) is 31.7 Å². The highest BCUT2D eigenvalue weighted by atomic mass is 35.5. The smallest absolute Gasteiger partial charge is 0.242 e. The fourth-order valence-electron chi connectivity index (χ4n) is 3.49. The fourth-order valence-corrected chi connectivity index (χ4v) is 4.47. The summed E-state index contributed by atoms with van der Waals surface area (Å²) in [6.45, 7) is 4.07. The van der Waals surface area contributed by atoms with Gasteiger partial charge in [-0.15, -0.1) is 24.8 Å². The van der Waals surface area contributed by atoms with E-state index < -0.39 is 10.0 Å². The molecule has 0 saturated carbocycles. The Morgan fingerprint density at radius 3 is 2.50 bits per heavy atom. The number of aryl methyl sites for hydroxylation is 1. The Morgan fingerprint density at radius 2 is 1.88 bits per heavy atom. The minimum absolute atomic E-state index is 0. The highest BCUT2D eigenvalue weighted by molar-refractivity contribution is 7.89. The molecule has 1 aromatic carbocycles. The van der Waals surface area contributed by atoms with Crippen LogP contribution in [0.1, 0.15) is 22.5 Å². The molecule has 0 unspecified atom stereocenters. The number of aromatic nitrogens is 2. The molecule has 0 radical (unpaired) electrons. The van der Waals surface area contributed by atoms with Gasteiger partial charge in [-0.3, -0.25) is 4.98 Å². The summed E-state index contributed by atoms with van der Waals surface area (Å²) in [7, 11) is -0.505. The molecular formula is C22H29Cl2FN4O2S. The van der Waals surface area contributed by atoms with Gasteiger partial charge in [0.2, 0.25) is 10.0 Å². The molecule has 176 valence electrons. The first kappa shape index (κ1) is 28.1. The summed E-state index contributed by atoms with van der Waals surface area (Å²) in [5.41, 5.74) is 10.6. The topological polar surface area (TPSA) is 81.2 Å². The van der Waals surface area contributed by atoms with E-state index in [9.17, 15) is 12.8 Å². The van der Waals surface area contributed by atoms with Gasteiger partial charge in [-0.2, -0.15) is 0 Å². The van der Waals surface area contributed by atoms with Crippen molar-refractivity contribution < 1.29 is 12.8 Å². The second-order valence-electron chi connectivity index (χ2n) is 7.47. The van der Waals surface area contributed by atoms with Gasteiger partial charge in [0.25, 0.3) is 0 Å². The molecule has 6 nitrogen and oxygen atoms in total. The summed E-state index contributed by atoms with van der Waals surface area (Å²) >= 11 is 0. The van der Waals surface area contributed by atoms with E-state index in [0.29, 0.717) is 6.42 Å². The predicted octanol–water partition coefficient (Wildman–Crippen LogP) is 4.15. The van der Waals surface area contributed by atoms with Crippen LogP contribution in [0.25, 0.3) is 11.0 Å². The highest BCUT2D eigenvalue weighted by Gasteiger charge is 2.20. The summed E-state index contributed by atoms with van der Waals surface area (Å²) < 4.78 is 42.3. The lowest BCUT2D eigenvalue weighted by molar-refractivity contribution is 0.520. The zero-order valence-electron chi connectivity index (χ0n) is 18.5. The van der Waals surface area contributed by atoms with Crippen LogP contribution in [0.3, 0.4) is 0 Å². The summed E-state index contributed by atoms with van der Waals surface area (Å²) in [4.78, 5) is 4.94. The molecule has 0 fully saturated rings. The number of hydrogen-bond donors (Lipinski definition) is 1. The average molecular weight is 503 g/mol. The van der Waals surface area contributed by atoms with E-state index in [1.807, 2.05) is 36.6 Å². The summed E-state index contributed by atoms with van der Waals surface area (Å²) in [6, 6.07) is 10.7. The summed E-state index contributed by atoms with van der Waals surface area (Å²) in [5.74, 6) is -0.302. The van der Waals surface area contributed by atoms with Gasteiger partial charge in [-0.1, -0.05) is 12.1 Å². The van der Waals surface area contributed by atoms with Crippen LogP contribution in [0.15, 0.2) is 53.2 Å². The third kappa shape index (κ3) is 5.68. The van der Waals surface area contributed by atoms with E-state index in [2.05, 4.69) is 0 Å². The molecule has 0 bridgehead atoms. The quantitative estimate of drug-likeness (QED) is 0.525. The molecule has 0 atom stereocenters. The monoisotopic (exact) mass is 502 g/mol. The molecule has 0 aliphatic carbocycles. The lowest BCUT2D eigenvalue weighted by Crippen LogP contribution is -2.22. The lowest BCUT2D eigenvalue weighted by Gasteiger charge is -2.12. The van der Waals surface area contributed by atoms with Crippen LogP contribution in [0.4, 0.5) is 4.39 Å². The number of pyridine rings is 1. The van der Waals surface area contributed by atoms with Crippen LogP contribution in [-0.2, 0) is 23.0 Å². The van der Waals surface area contributed by atoms with Gasteiger partial charge < -0.3 is 10.3 Å². The number of sulfonamides is 1. The molecule has 3 aromatic rings. The normalized spacial score (nSPS) is 12.0. The van der Waals surface area contributed by atoms with Crippen molar-refractivity contribution in [3.05, 3.63) is 70.8 Å². The van der Waals surface area contributed by atoms with Gasteiger partial charge in [0.1, 0.15) is 5.83 Å². The molecule has 3 rings (SSSR count). The Balaban J connectivity index is 0.00000256. The molecule has 0 spiro atoms. The second kappa shape index (κ2) is 11.2. The Hall–Kier alpha value is -1.97. The van der Waals surface area contributed by atoms with Crippen LogP contribution in [-0.4, -0.2) is 42.9 Å². The van der Waals surface area contributed by atoms with Crippen molar-refractivity contribution in [2.24, 2.45) is 5.73 Å². The largest absolute Gasteiger partial charge is 0.336 e. The van der Waals surface area contributed by atoms with Gasteiger partial charge in [-0.25, -0.2) is 17.1 Å². The lowest BCUT2D eigenvalue weighted by atomic mass is 10.0. The van der Waals surface area contributed by atoms with Crippen LogP contribution in [0.5, 0.6) is 0 Å². The van der Waals surface area contributed by atoms with Crippen molar-refractivity contribution in [2.75, 3.05) is 20.6 Å². The van der Waals surface area contributed by atoms with Crippen LogP contribution < -0.4 is 5.73 Å². The number of allylic oxidation sites excluding steroid dienone is 1. The molecule has 0 aliphatic heterocycles. The van der Waals surface area contributed by atoms with Crippen LogP contribution >= 0.6 is 24.8 Å². The molecule has 2 aromatic heterocycles. The molecule has 0 aliphatic rings. The molecule has 2 heterocycles. The molecule has 0 saturated heterocycles. The number of nitrogens with zero attached hydrogens (tertiary/aromatic N) is 3. The number of hydrogen-bond acceptors (Lipinski definition) is 4. The van der Waals surface area contributed by atoms with Crippen molar-refractivity contribution in [1.82, 2.24) is 13.9 Å². The minimum Gasteiger partial charge on any atom is -0.336 e. The Morgan fingerprint density at radius 1 is 1.19 bits per heavy atom. The highest BCUT2D eigenvalue weighted by Crippen LogP contribution is 2.29.